The number of nitro benzene ring substituents is 1. The molecule has 128 valence electrons. The minimum absolute atomic E-state index is 0.0537. The van der Waals surface area contributed by atoms with Gasteiger partial charge in [0.1, 0.15) is 5.01 Å². The summed E-state index contributed by atoms with van der Waals surface area (Å²) in [5, 5.41) is 11.7. The van der Waals surface area contributed by atoms with Gasteiger partial charge in [-0.3, -0.25) is 10.1 Å². The molecular weight excluding hydrogens is 340 g/mol. The SMILES string of the molecule is COc1ccc(-c2nc(-c3cccc([N+](=O)[O-])c3)sc2C)cc1OC. The Labute approximate surface area is 148 Å². The minimum Gasteiger partial charge on any atom is -0.493 e. The molecule has 0 aliphatic carbocycles. The van der Waals surface area contributed by atoms with Crippen molar-refractivity contribution in [3.63, 3.8) is 0 Å². The second kappa shape index (κ2) is 6.90. The van der Waals surface area contributed by atoms with E-state index in [0.717, 1.165) is 26.7 Å². The summed E-state index contributed by atoms with van der Waals surface area (Å²) in [4.78, 5) is 16.3. The van der Waals surface area contributed by atoms with Gasteiger partial charge in [-0.25, -0.2) is 4.98 Å². The third kappa shape index (κ3) is 3.32. The van der Waals surface area contributed by atoms with Gasteiger partial charge in [0.15, 0.2) is 11.5 Å². The number of ether oxygens (including phenoxy) is 2. The number of methoxy groups -OCH3 is 2. The standard InChI is InChI=1S/C18H16N2O4S/c1-11-17(12-7-8-15(23-2)16(10-12)24-3)19-18(25-11)13-5-4-6-14(9-13)20(21)22/h4-10H,1-3H3. The lowest BCUT2D eigenvalue weighted by Crippen LogP contribution is -1.91. The molecule has 7 heteroatoms. The van der Waals surface area contributed by atoms with Crippen LogP contribution in [0.1, 0.15) is 4.88 Å². The van der Waals surface area contributed by atoms with Crippen molar-refractivity contribution in [1.29, 1.82) is 0 Å². The predicted octanol–water partition coefficient (Wildman–Crippen LogP) is 4.71. The van der Waals surface area contributed by atoms with Gasteiger partial charge in [0, 0.05) is 28.1 Å². The van der Waals surface area contributed by atoms with Crippen molar-refractivity contribution in [2.24, 2.45) is 0 Å². The number of nitrogens with zero attached hydrogens (tertiary/aromatic N) is 2. The number of thiazole rings is 1. The van der Waals surface area contributed by atoms with Crippen LogP contribution >= 0.6 is 11.3 Å². The molecule has 0 amide bonds. The highest BCUT2D eigenvalue weighted by atomic mass is 32.1. The van der Waals surface area contributed by atoms with Crippen molar-refractivity contribution in [3.05, 3.63) is 57.5 Å². The van der Waals surface area contributed by atoms with Gasteiger partial charge < -0.3 is 9.47 Å². The first-order valence-electron chi connectivity index (χ1n) is 7.48. The molecule has 0 aliphatic rings. The zero-order valence-corrected chi connectivity index (χ0v) is 14.8. The van der Waals surface area contributed by atoms with Gasteiger partial charge in [-0.2, -0.15) is 0 Å². The quantitative estimate of drug-likeness (QED) is 0.489. The van der Waals surface area contributed by atoms with E-state index in [1.807, 2.05) is 31.2 Å². The van der Waals surface area contributed by atoms with Crippen LogP contribution in [0.5, 0.6) is 11.5 Å². The van der Waals surface area contributed by atoms with Crippen LogP contribution in [-0.4, -0.2) is 24.1 Å². The van der Waals surface area contributed by atoms with Crippen molar-refractivity contribution >= 4 is 17.0 Å². The van der Waals surface area contributed by atoms with E-state index in [1.165, 1.54) is 23.5 Å². The fourth-order valence-electron chi connectivity index (χ4n) is 2.52. The number of non-ortho nitro benzene ring substituents is 1. The lowest BCUT2D eigenvalue weighted by Gasteiger charge is -2.08. The number of aryl methyl sites for hydroxylation is 1. The molecule has 3 rings (SSSR count). The normalized spacial score (nSPS) is 10.5. The van der Waals surface area contributed by atoms with E-state index in [1.54, 1.807) is 20.3 Å². The third-order valence-electron chi connectivity index (χ3n) is 3.76. The van der Waals surface area contributed by atoms with Gasteiger partial charge in [-0.1, -0.05) is 12.1 Å². The summed E-state index contributed by atoms with van der Waals surface area (Å²) in [5.74, 6) is 1.28. The van der Waals surface area contributed by atoms with Crippen molar-refractivity contribution in [2.75, 3.05) is 14.2 Å². The number of benzene rings is 2. The average molecular weight is 356 g/mol. The fourth-order valence-corrected chi connectivity index (χ4v) is 3.46. The summed E-state index contributed by atoms with van der Waals surface area (Å²) >= 11 is 1.50. The van der Waals surface area contributed by atoms with Gasteiger partial charge in [0.25, 0.3) is 5.69 Å². The second-order valence-electron chi connectivity index (χ2n) is 5.30. The molecule has 0 N–H and O–H groups in total. The molecule has 25 heavy (non-hydrogen) atoms. The Morgan fingerprint density at radius 3 is 2.48 bits per heavy atom. The number of hydrogen-bond donors (Lipinski definition) is 0. The summed E-state index contributed by atoms with van der Waals surface area (Å²) in [6.45, 7) is 1.98. The van der Waals surface area contributed by atoms with Crippen LogP contribution in [0.4, 0.5) is 5.69 Å². The van der Waals surface area contributed by atoms with Crippen molar-refractivity contribution in [1.82, 2.24) is 4.98 Å². The first-order chi connectivity index (χ1) is 12.0. The summed E-state index contributed by atoms with van der Waals surface area (Å²) in [6, 6.07) is 12.1. The van der Waals surface area contributed by atoms with Crippen LogP contribution in [0.3, 0.4) is 0 Å². The largest absolute Gasteiger partial charge is 0.493 e. The zero-order chi connectivity index (χ0) is 18.0. The van der Waals surface area contributed by atoms with Gasteiger partial charge in [-0.05, 0) is 25.1 Å². The van der Waals surface area contributed by atoms with Crippen LogP contribution in [0.2, 0.25) is 0 Å². The van der Waals surface area contributed by atoms with E-state index in [9.17, 15) is 10.1 Å². The maximum Gasteiger partial charge on any atom is 0.270 e. The van der Waals surface area contributed by atoms with Crippen LogP contribution in [0, 0.1) is 17.0 Å². The van der Waals surface area contributed by atoms with Crippen molar-refractivity contribution in [2.45, 2.75) is 6.92 Å². The maximum absolute atomic E-state index is 11.0. The molecule has 2 aromatic carbocycles. The highest BCUT2D eigenvalue weighted by Crippen LogP contribution is 2.37. The van der Waals surface area contributed by atoms with Gasteiger partial charge in [-0.15, -0.1) is 11.3 Å². The molecule has 0 spiro atoms. The summed E-state index contributed by atoms with van der Waals surface area (Å²) in [6.07, 6.45) is 0. The highest BCUT2D eigenvalue weighted by Gasteiger charge is 2.15. The molecule has 0 saturated carbocycles. The summed E-state index contributed by atoms with van der Waals surface area (Å²) < 4.78 is 10.6. The second-order valence-corrected chi connectivity index (χ2v) is 6.50. The first-order valence-corrected chi connectivity index (χ1v) is 8.29. The lowest BCUT2D eigenvalue weighted by atomic mass is 10.1. The molecule has 0 unspecified atom stereocenters. The summed E-state index contributed by atoms with van der Waals surface area (Å²) in [5.41, 5.74) is 2.52. The Balaban J connectivity index is 2.04. The average Bonchev–Trinajstić information content (AvgIpc) is 3.03. The molecule has 0 atom stereocenters. The fraction of sp³-hybridized carbons (Fsp3) is 0.167. The smallest absolute Gasteiger partial charge is 0.270 e. The molecule has 3 aromatic rings. The molecular formula is C18H16N2O4S. The van der Waals surface area contributed by atoms with Crippen molar-refractivity contribution in [3.8, 4) is 33.3 Å². The van der Waals surface area contributed by atoms with E-state index in [0.29, 0.717) is 11.5 Å². The van der Waals surface area contributed by atoms with Crippen LogP contribution < -0.4 is 9.47 Å². The lowest BCUT2D eigenvalue weighted by molar-refractivity contribution is -0.384. The molecule has 0 saturated heterocycles. The Morgan fingerprint density at radius 1 is 1.04 bits per heavy atom. The van der Waals surface area contributed by atoms with E-state index in [2.05, 4.69) is 4.98 Å². The topological polar surface area (TPSA) is 74.5 Å². The molecule has 1 heterocycles. The molecule has 6 nitrogen and oxygen atoms in total. The number of aromatic nitrogens is 1. The van der Waals surface area contributed by atoms with Crippen LogP contribution in [-0.2, 0) is 0 Å². The molecule has 0 radical (unpaired) electrons. The number of rotatable bonds is 5. The highest BCUT2D eigenvalue weighted by molar-refractivity contribution is 7.15. The minimum atomic E-state index is -0.404. The maximum atomic E-state index is 11.0. The molecule has 0 bridgehead atoms. The number of nitro groups is 1. The Hall–Kier alpha value is -2.93. The molecule has 0 fully saturated rings. The monoisotopic (exact) mass is 356 g/mol. The molecule has 1 aromatic heterocycles. The molecule has 0 aliphatic heterocycles. The number of hydrogen-bond acceptors (Lipinski definition) is 6. The van der Waals surface area contributed by atoms with Gasteiger partial charge in [0.2, 0.25) is 0 Å². The van der Waals surface area contributed by atoms with E-state index in [-0.39, 0.29) is 5.69 Å². The Bertz CT molecular complexity index is 937. The van der Waals surface area contributed by atoms with Crippen LogP contribution in [0.25, 0.3) is 21.8 Å². The van der Waals surface area contributed by atoms with E-state index < -0.39 is 4.92 Å². The summed E-state index contributed by atoms with van der Waals surface area (Å²) in [7, 11) is 3.18. The van der Waals surface area contributed by atoms with Crippen molar-refractivity contribution < 1.29 is 14.4 Å². The predicted molar refractivity (Wildman–Crippen MR) is 97.5 cm³/mol. The van der Waals surface area contributed by atoms with E-state index in [4.69, 9.17) is 9.47 Å². The van der Waals surface area contributed by atoms with Gasteiger partial charge in [0.05, 0.1) is 24.8 Å². The zero-order valence-electron chi connectivity index (χ0n) is 14.0. The first kappa shape index (κ1) is 16.9. The van der Waals surface area contributed by atoms with Crippen LogP contribution in [0.15, 0.2) is 42.5 Å². The third-order valence-corrected chi connectivity index (χ3v) is 4.78. The Kier molecular flexibility index (Phi) is 4.67. The van der Waals surface area contributed by atoms with E-state index >= 15 is 0 Å². The Morgan fingerprint density at radius 2 is 1.80 bits per heavy atom. The van der Waals surface area contributed by atoms with Gasteiger partial charge >= 0.3 is 0 Å².